The first-order valence-corrected chi connectivity index (χ1v) is 5.70. The number of furan rings is 1. The Morgan fingerprint density at radius 1 is 1.41 bits per heavy atom. The van der Waals surface area contributed by atoms with Crippen molar-refractivity contribution >= 4 is 11.8 Å². The van der Waals surface area contributed by atoms with Gasteiger partial charge in [0, 0.05) is 12.2 Å². The van der Waals surface area contributed by atoms with Crippen molar-refractivity contribution in [2.75, 3.05) is 10.6 Å². The summed E-state index contributed by atoms with van der Waals surface area (Å²) in [6.07, 6.45) is 5.78. The zero-order valence-electron chi connectivity index (χ0n) is 9.41. The highest BCUT2D eigenvalue weighted by atomic mass is 16.3. The summed E-state index contributed by atoms with van der Waals surface area (Å²) in [5, 5.41) is 0. The predicted molar refractivity (Wildman–Crippen MR) is 64.4 cm³/mol. The highest BCUT2D eigenvalue weighted by Gasteiger charge is 2.30. The maximum absolute atomic E-state index is 5.62. The fourth-order valence-electron chi connectivity index (χ4n) is 1.88. The number of rotatable bonds is 4. The molecule has 0 aromatic carbocycles. The number of anilines is 2. The molecule has 0 spiro atoms. The molecule has 17 heavy (non-hydrogen) atoms. The number of hydrogen-bond acceptors (Lipinski definition) is 5. The van der Waals surface area contributed by atoms with Gasteiger partial charge in [-0.15, -0.1) is 0 Å². The van der Waals surface area contributed by atoms with Gasteiger partial charge in [0.05, 0.1) is 12.8 Å². The highest BCUT2D eigenvalue weighted by Crippen LogP contribution is 2.32. The van der Waals surface area contributed by atoms with E-state index in [0.29, 0.717) is 12.0 Å². The lowest BCUT2D eigenvalue weighted by Crippen LogP contribution is -2.26. The van der Waals surface area contributed by atoms with Gasteiger partial charge in [-0.3, -0.25) is 0 Å². The Morgan fingerprint density at radius 2 is 2.29 bits per heavy atom. The molecule has 5 heteroatoms. The minimum atomic E-state index is 0.313. The third-order valence-electron chi connectivity index (χ3n) is 2.85. The van der Waals surface area contributed by atoms with E-state index in [4.69, 9.17) is 10.2 Å². The molecular weight excluding hydrogens is 216 g/mol. The third-order valence-corrected chi connectivity index (χ3v) is 2.85. The molecule has 1 saturated carbocycles. The quantitative estimate of drug-likeness (QED) is 0.867. The van der Waals surface area contributed by atoms with Gasteiger partial charge in [0.2, 0.25) is 5.95 Å². The van der Waals surface area contributed by atoms with Crippen molar-refractivity contribution in [2.24, 2.45) is 0 Å². The summed E-state index contributed by atoms with van der Waals surface area (Å²) in [7, 11) is 0. The first-order valence-electron chi connectivity index (χ1n) is 5.70. The van der Waals surface area contributed by atoms with E-state index in [1.54, 1.807) is 12.5 Å². The Bertz CT molecular complexity index is 493. The molecule has 1 aliphatic carbocycles. The first kappa shape index (κ1) is 10.1. The van der Waals surface area contributed by atoms with Gasteiger partial charge >= 0.3 is 0 Å². The molecular formula is C12H14N4O. The van der Waals surface area contributed by atoms with E-state index < -0.39 is 0 Å². The molecule has 0 aliphatic heterocycles. The van der Waals surface area contributed by atoms with Crippen LogP contribution in [0.25, 0.3) is 0 Å². The molecule has 2 heterocycles. The minimum Gasteiger partial charge on any atom is -0.467 e. The molecule has 0 atom stereocenters. The maximum Gasteiger partial charge on any atom is 0.221 e. The molecule has 1 fully saturated rings. The minimum absolute atomic E-state index is 0.313. The van der Waals surface area contributed by atoms with E-state index in [2.05, 4.69) is 14.9 Å². The lowest BCUT2D eigenvalue weighted by Gasteiger charge is -2.22. The van der Waals surface area contributed by atoms with Crippen LogP contribution >= 0.6 is 0 Å². The van der Waals surface area contributed by atoms with Crippen molar-refractivity contribution in [1.29, 1.82) is 0 Å². The Kier molecular flexibility index (Phi) is 2.44. The molecule has 0 unspecified atom stereocenters. The van der Waals surface area contributed by atoms with Crippen LogP contribution < -0.4 is 10.6 Å². The summed E-state index contributed by atoms with van der Waals surface area (Å²) in [5.41, 5.74) is 5.62. The number of nitrogens with zero attached hydrogens (tertiary/aromatic N) is 3. The summed E-state index contributed by atoms with van der Waals surface area (Å²) in [6, 6.07) is 6.31. The van der Waals surface area contributed by atoms with Crippen LogP contribution in [0.2, 0.25) is 0 Å². The van der Waals surface area contributed by atoms with Crippen molar-refractivity contribution in [3.05, 3.63) is 36.4 Å². The molecule has 2 aromatic heterocycles. The van der Waals surface area contributed by atoms with Crippen LogP contribution in [-0.4, -0.2) is 16.0 Å². The van der Waals surface area contributed by atoms with Gasteiger partial charge in [0.1, 0.15) is 11.6 Å². The van der Waals surface area contributed by atoms with E-state index >= 15 is 0 Å². The van der Waals surface area contributed by atoms with Crippen molar-refractivity contribution in [2.45, 2.75) is 25.4 Å². The van der Waals surface area contributed by atoms with Crippen molar-refractivity contribution in [1.82, 2.24) is 9.97 Å². The van der Waals surface area contributed by atoms with Crippen LogP contribution in [0, 0.1) is 0 Å². The number of nitrogens with two attached hydrogens (primary N) is 1. The SMILES string of the molecule is Nc1nccc(N(Cc2ccco2)C2CC2)n1. The molecule has 0 radical (unpaired) electrons. The van der Waals surface area contributed by atoms with Gasteiger partial charge in [-0.05, 0) is 31.0 Å². The van der Waals surface area contributed by atoms with Gasteiger partial charge in [-0.25, -0.2) is 4.98 Å². The molecule has 88 valence electrons. The van der Waals surface area contributed by atoms with Crippen LogP contribution in [0.3, 0.4) is 0 Å². The topological polar surface area (TPSA) is 68.2 Å². The Morgan fingerprint density at radius 3 is 2.94 bits per heavy atom. The predicted octanol–water partition coefficient (Wildman–Crippen LogP) is 1.82. The standard InChI is InChI=1S/C12H14N4O/c13-12-14-6-5-11(15-12)16(9-3-4-9)8-10-2-1-7-17-10/h1-2,5-7,9H,3-4,8H2,(H2,13,14,15). The van der Waals surface area contributed by atoms with Crippen LogP contribution in [-0.2, 0) is 6.54 Å². The molecule has 2 N–H and O–H groups in total. The molecule has 0 saturated heterocycles. The Hall–Kier alpha value is -2.04. The number of nitrogen functional groups attached to an aromatic ring is 1. The summed E-state index contributed by atoms with van der Waals surface area (Å²) >= 11 is 0. The molecule has 3 rings (SSSR count). The highest BCUT2D eigenvalue weighted by molar-refractivity contribution is 5.43. The molecule has 0 amide bonds. The summed E-state index contributed by atoms with van der Waals surface area (Å²) in [5.74, 6) is 2.12. The summed E-state index contributed by atoms with van der Waals surface area (Å²) in [6.45, 7) is 0.730. The van der Waals surface area contributed by atoms with Gasteiger partial charge in [-0.2, -0.15) is 4.98 Å². The zero-order chi connectivity index (χ0) is 11.7. The number of hydrogen-bond donors (Lipinski definition) is 1. The fraction of sp³-hybridized carbons (Fsp3) is 0.333. The normalized spacial score (nSPS) is 14.8. The van der Waals surface area contributed by atoms with Crippen molar-refractivity contribution in [3.63, 3.8) is 0 Å². The van der Waals surface area contributed by atoms with Crippen molar-refractivity contribution < 1.29 is 4.42 Å². The monoisotopic (exact) mass is 230 g/mol. The van der Waals surface area contributed by atoms with Gasteiger partial charge in [-0.1, -0.05) is 0 Å². The van der Waals surface area contributed by atoms with Crippen LogP contribution in [0.15, 0.2) is 35.1 Å². The van der Waals surface area contributed by atoms with Crippen LogP contribution in [0.5, 0.6) is 0 Å². The van der Waals surface area contributed by atoms with Gasteiger partial charge in [0.15, 0.2) is 0 Å². The molecule has 1 aliphatic rings. The van der Waals surface area contributed by atoms with E-state index in [1.165, 1.54) is 12.8 Å². The maximum atomic E-state index is 5.62. The van der Waals surface area contributed by atoms with E-state index in [9.17, 15) is 0 Å². The second-order valence-electron chi connectivity index (χ2n) is 4.21. The average molecular weight is 230 g/mol. The molecule has 5 nitrogen and oxygen atoms in total. The van der Waals surface area contributed by atoms with Gasteiger partial charge in [0.25, 0.3) is 0 Å². The fourth-order valence-corrected chi connectivity index (χ4v) is 1.88. The number of aromatic nitrogens is 2. The summed E-state index contributed by atoms with van der Waals surface area (Å²) < 4.78 is 5.38. The van der Waals surface area contributed by atoms with Crippen LogP contribution in [0.4, 0.5) is 11.8 Å². The van der Waals surface area contributed by atoms with Gasteiger partial charge < -0.3 is 15.1 Å². The lowest BCUT2D eigenvalue weighted by molar-refractivity contribution is 0.500. The third kappa shape index (κ3) is 2.22. The first-order chi connectivity index (χ1) is 8.33. The lowest BCUT2D eigenvalue weighted by atomic mass is 10.3. The second-order valence-corrected chi connectivity index (χ2v) is 4.21. The Balaban J connectivity index is 1.85. The van der Waals surface area contributed by atoms with Crippen molar-refractivity contribution in [3.8, 4) is 0 Å². The van der Waals surface area contributed by atoms with E-state index in [-0.39, 0.29) is 0 Å². The van der Waals surface area contributed by atoms with E-state index in [1.807, 2.05) is 18.2 Å². The summed E-state index contributed by atoms with van der Waals surface area (Å²) in [4.78, 5) is 10.4. The Labute approximate surface area is 99.3 Å². The second kappa shape index (κ2) is 4.08. The smallest absolute Gasteiger partial charge is 0.221 e. The molecule has 0 bridgehead atoms. The average Bonchev–Trinajstić information content (AvgIpc) is 3.03. The van der Waals surface area contributed by atoms with E-state index in [0.717, 1.165) is 18.1 Å². The largest absolute Gasteiger partial charge is 0.467 e. The molecule has 2 aromatic rings. The van der Waals surface area contributed by atoms with Crippen LogP contribution in [0.1, 0.15) is 18.6 Å². The zero-order valence-corrected chi connectivity index (χ0v) is 9.41.